The third kappa shape index (κ3) is 3.26. The molecule has 1 aromatic carbocycles. The molecule has 1 atom stereocenters. The van der Waals surface area contributed by atoms with Crippen molar-refractivity contribution in [3.05, 3.63) is 33.9 Å². The Morgan fingerprint density at radius 3 is 2.71 bits per heavy atom. The van der Waals surface area contributed by atoms with Crippen LogP contribution in [0.3, 0.4) is 0 Å². The van der Waals surface area contributed by atoms with Gasteiger partial charge in [0.15, 0.2) is 0 Å². The van der Waals surface area contributed by atoms with Gasteiger partial charge in [-0.05, 0) is 26.0 Å². The van der Waals surface area contributed by atoms with Crippen LogP contribution < -0.4 is 4.74 Å². The predicted octanol–water partition coefficient (Wildman–Crippen LogP) is 3.02. The number of rotatable bonds is 5. The van der Waals surface area contributed by atoms with Crippen molar-refractivity contribution in [1.82, 2.24) is 0 Å². The van der Waals surface area contributed by atoms with Crippen molar-refractivity contribution in [2.75, 3.05) is 6.61 Å². The van der Waals surface area contributed by atoms with Gasteiger partial charge in [-0.2, -0.15) is 0 Å². The summed E-state index contributed by atoms with van der Waals surface area (Å²) in [6.07, 6.45) is 0. The number of ketones is 1. The summed E-state index contributed by atoms with van der Waals surface area (Å²) in [6.45, 7) is 3.65. The molecule has 0 bridgehead atoms. The second kappa shape index (κ2) is 5.77. The Morgan fingerprint density at radius 1 is 1.59 bits per heavy atom. The van der Waals surface area contributed by atoms with Crippen molar-refractivity contribution in [1.29, 1.82) is 0 Å². The van der Waals surface area contributed by atoms with Crippen LogP contribution in [0.1, 0.15) is 24.2 Å². The summed E-state index contributed by atoms with van der Waals surface area (Å²) in [5.74, 6) is 0.320. The zero-order chi connectivity index (χ0) is 13.0. The Bertz CT molecular complexity index is 447. The molecular formula is C11H12BrNO4. The molecule has 0 saturated carbocycles. The quantitative estimate of drug-likeness (QED) is 0.476. The molecule has 0 aliphatic rings. The molecule has 17 heavy (non-hydrogen) atoms. The number of carbonyl (C=O) groups is 1. The van der Waals surface area contributed by atoms with Crippen LogP contribution in [0.2, 0.25) is 0 Å². The number of hydrogen-bond donors (Lipinski definition) is 0. The maximum absolute atomic E-state index is 11.3. The first-order valence-corrected chi connectivity index (χ1v) is 5.94. The third-order valence-electron chi connectivity index (χ3n) is 2.14. The molecular weight excluding hydrogens is 290 g/mol. The fourth-order valence-electron chi connectivity index (χ4n) is 1.38. The maximum atomic E-state index is 11.3. The molecule has 0 aliphatic carbocycles. The highest BCUT2D eigenvalue weighted by Gasteiger charge is 2.23. The lowest BCUT2D eigenvalue weighted by molar-refractivity contribution is -0.385. The molecule has 0 aromatic heterocycles. The first-order chi connectivity index (χ1) is 7.97. The second-order valence-corrected chi connectivity index (χ2v) is 4.30. The molecule has 1 rings (SSSR count). The average Bonchev–Trinajstić information content (AvgIpc) is 2.28. The van der Waals surface area contributed by atoms with E-state index in [9.17, 15) is 14.9 Å². The monoisotopic (exact) mass is 301 g/mol. The fraction of sp³-hybridized carbons (Fsp3) is 0.364. The van der Waals surface area contributed by atoms with Gasteiger partial charge >= 0.3 is 0 Å². The van der Waals surface area contributed by atoms with Crippen LogP contribution in [0.4, 0.5) is 5.69 Å². The van der Waals surface area contributed by atoms with Gasteiger partial charge in [0.2, 0.25) is 0 Å². The zero-order valence-electron chi connectivity index (χ0n) is 9.47. The van der Waals surface area contributed by atoms with Crippen molar-refractivity contribution in [2.45, 2.75) is 18.7 Å². The molecule has 1 aromatic rings. The Morgan fingerprint density at radius 2 is 2.24 bits per heavy atom. The van der Waals surface area contributed by atoms with Gasteiger partial charge in [0.1, 0.15) is 16.4 Å². The topological polar surface area (TPSA) is 69.4 Å². The number of alkyl halides is 1. The number of ether oxygens (including phenoxy) is 1. The Hall–Kier alpha value is -1.43. The summed E-state index contributed by atoms with van der Waals surface area (Å²) in [4.78, 5) is 20.9. The van der Waals surface area contributed by atoms with Crippen LogP contribution in [-0.4, -0.2) is 17.3 Å². The number of nitro benzene ring substituents is 1. The van der Waals surface area contributed by atoms with Gasteiger partial charge in [-0.3, -0.25) is 14.9 Å². The summed E-state index contributed by atoms with van der Waals surface area (Å²) in [5.41, 5.74) is 0.221. The Balaban J connectivity index is 3.24. The molecule has 0 radical (unpaired) electrons. The Labute approximate surface area is 107 Å². The number of nitro groups is 1. The lowest BCUT2D eigenvalue weighted by Crippen LogP contribution is -2.05. The highest BCUT2D eigenvalue weighted by atomic mass is 79.9. The normalized spacial score (nSPS) is 11.9. The van der Waals surface area contributed by atoms with Gasteiger partial charge in [0, 0.05) is 6.07 Å². The van der Waals surface area contributed by atoms with E-state index < -0.39 is 9.75 Å². The minimum Gasteiger partial charge on any atom is -0.494 e. The molecule has 0 spiro atoms. The molecule has 0 saturated heterocycles. The van der Waals surface area contributed by atoms with Gasteiger partial charge in [0.25, 0.3) is 5.69 Å². The summed E-state index contributed by atoms with van der Waals surface area (Å²) in [6, 6.07) is 4.38. The van der Waals surface area contributed by atoms with Crippen molar-refractivity contribution in [2.24, 2.45) is 0 Å². The smallest absolute Gasteiger partial charge is 0.274 e. The van der Waals surface area contributed by atoms with Crippen LogP contribution >= 0.6 is 15.9 Å². The standard InChI is InChI=1S/C11H12BrNO4/c1-3-17-8-4-5-10(13(15)16)9(6-8)11(12)7(2)14/h4-6,11H,3H2,1-2H3. The van der Waals surface area contributed by atoms with Crippen LogP contribution in [0.15, 0.2) is 18.2 Å². The van der Waals surface area contributed by atoms with E-state index in [1.165, 1.54) is 25.1 Å². The summed E-state index contributed by atoms with van der Waals surface area (Å²) in [7, 11) is 0. The SMILES string of the molecule is CCOc1ccc([N+](=O)[O-])c(C(Br)C(C)=O)c1. The predicted molar refractivity (Wildman–Crippen MR) is 66.6 cm³/mol. The first kappa shape index (κ1) is 13.6. The van der Waals surface area contributed by atoms with E-state index in [-0.39, 0.29) is 11.5 Å². The second-order valence-electron chi connectivity index (χ2n) is 3.38. The van der Waals surface area contributed by atoms with E-state index in [1.807, 2.05) is 6.92 Å². The number of Topliss-reactive ketones (excluding diaryl/α,β-unsaturated/α-hetero) is 1. The average molecular weight is 302 g/mol. The van der Waals surface area contributed by atoms with Gasteiger partial charge in [-0.1, -0.05) is 15.9 Å². The maximum Gasteiger partial charge on any atom is 0.274 e. The van der Waals surface area contributed by atoms with Crippen LogP contribution in [0.25, 0.3) is 0 Å². The van der Waals surface area contributed by atoms with E-state index in [1.54, 1.807) is 0 Å². The van der Waals surface area contributed by atoms with E-state index in [4.69, 9.17) is 4.74 Å². The van der Waals surface area contributed by atoms with E-state index in [0.29, 0.717) is 17.9 Å². The van der Waals surface area contributed by atoms with Crippen LogP contribution in [-0.2, 0) is 4.79 Å². The molecule has 0 aliphatic heterocycles. The summed E-state index contributed by atoms with van der Waals surface area (Å²) < 4.78 is 5.26. The van der Waals surface area contributed by atoms with E-state index in [0.717, 1.165) is 0 Å². The largest absolute Gasteiger partial charge is 0.494 e. The van der Waals surface area contributed by atoms with Gasteiger partial charge < -0.3 is 4.74 Å². The van der Waals surface area contributed by atoms with E-state index in [2.05, 4.69) is 15.9 Å². The number of halogens is 1. The zero-order valence-corrected chi connectivity index (χ0v) is 11.1. The summed E-state index contributed by atoms with van der Waals surface area (Å²) in [5, 5.41) is 10.9. The van der Waals surface area contributed by atoms with E-state index >= 15 is 0 Å². The lowest BCUT2D eigenvalue weighted by atomic mass is 10.1. The summed E-state index contributed by atoms with van der Waals surface area (Å²) >= 11 is 3.15. The minimum absolute atomic E-state index is 0.0921. The fourth-order valence-corrected chi connectivity index (χ4v) is 1.74. The molecule has 0 heterocycles. The highest BCUT2D eigenvalue weighted by Crippen LogP contribution is 2.34. The molecule has 0 amide bonds. The van der Waals surface area contributed by atoms with Crippen LogP contribution in [0.5, 0.6) is 5.75 Å². The minimum atomic E-state index is -0.691. The van der Waals surface area contributed by atoms with Crippen LogP contribution in [0, 0.1) is 10.1 Å². The number of benzene rings is 1. The lowest BCUT2D eigenvalue weighted by Gasteiger charge is -2.09. The Kier molecular flexibility index (Phi) is 4.62. The van der Waals surface area contributed by atoms with Crippen molar-refractivity contribution in [3.63, 3.8) is 0 Å². The molecule has 6 heteroatoms. The van der Waals surface area contributed by atoms with Crippen molar-refractivity contribution in [3.8, 4) is 5.75 Å². The molecule has 5 nitrogen and oxygen atoms in total. The van der Waals surface area contributed by atoms with Crippen molar-refractivity contribution < 1.29 is 14.5 Å². The molecule has 0 N–H and O–H groups in total. The first-order valence-electron chi connectivity index (χ1n) is 5.03. The molecule has 0 fully saturated rings. The third-order valence-corrected chi connectivity index (χ3v) is 3.27. The highest BCUT2D eigenvalue weighted by molar-refractivity contribution is 9.09. The van der Waals surface area contributed by atoms with Gasteiger partial charge in [0.05, 0.1) is 17.1 Å². The number of hydrogen-bond acceptors (Lipinski definition) is 4. The number of carbonyl (C=O) groups excluding carboxylic acids is 1. The number of nitrogens with zero attached hydrogens (tertiary/aromatic N) is 1. The molecule has 1 unspecified atom stereocenters. The molecule has 92 valence electrons. The van der Waals surface area contributed by atoms with Crippen molar-refractivity contribution >= 4 is 27.4 Å². The van der Waals surface area contributed by atoms with Gasteiger partial charge in [-0.15, -0.1) is 0 Å². The van der Waals surface area contributed by atoms with Gasteiger partial charge in [-0.25, -0.2) is 0 Å².